The maximum atomic E-state index is 13.6. The zero-order chi connectivity index (χ0) is 24.9. The molecule has 35 heavy (non-hydrogen) atoms. The molecule has 3 amide bonds. The third kappa shape index (κ3) is 5.82. The van der Waals surface area contributed by atoms with Crippen LogP contribution < -0.4 is 10.7 Å². The zero-order valence-corrected chi connectivity index (χ0v) is 19.9. The van der Waals surface area contributed by atoms with Gasteiger partial charge in [0.25, 0.3) is 11.8 Å². The van der Waals surface area contributed by atoms with E-state index in [1.165, 1.54) is 28.1 Å². The second-order valence-corrected chi connectivity index (χ2v) is 8.59. The van der Waals surface area contributed by atoms with Gasteiger partial charge in [-0.05, 0) is 60.2 Å². The molecule has 0 aromatic heterocycles. The normalized spacial score (nSPS) is 15.3. The molecule has 3 aromatic carbocycles. The van der Waals surface area contributed by atoms with Crippen molar-refractivity contribution >= 4 is 52.3 Å². The number of anilines is 1. The first-order valence-electron chi connectivity index (χ1n) is 10.6. The Kier molecular flexibility index (Phi) is 7.38. The van der Waals surface area contributed by atoms with Crippen LogP contribution in [0, 0.1) is 5.82 Å². The summed E-state index contributed by atoms with van der Waals surface area (Å²) < 4.78 is 13.6. The van der Waals surface area contributed by atoms with Crippen molar-refractivity contribution in [1.82, 2.24) is 15.3 Å². The first-order valence-corrected chi connectivity index (χ1v) is 11.4. The summed E-state index contributed by atoms with van der Waals surface area (Å²) in [5, 5.41) is 4.45. The van der Waals surface area contributed by atoms with Crippen molar-refractivity contribution in [3.63, 3.8) is 0 Å². The Morgan fingerprint density at radius 1 is 1.00 bits per heavy atom. The van der Waals surface area contributed by atoms with Gasteiger partial charge in [-0.3, -0.25) is 24.7 Å². The molecule has 1 atom stereocenters. The number of hydrazine groups is 1. The van der Waals surface area contributed by atoms with Crippen molar-refractivity contribution in [3.05, 3.63) is 101 Å². The van der Waals surface area contributed by atoms with Gasteiger partial charge in [-0.15, -0.1) is 0 Å². The molecule has 1 fully saturated rings. The Hall–Kier alpha value is -3.82. The molecule has 1 heterocycles. The predicted octanol–water partition coefficient (Wildman–Crippen LogP) is 4.15. The Labute approximate surface area is 211 Å². The van der Waals surface area contributed by atoms with Crippen molar-refractivity contribution < 1.29 is 18.8 Å². The molecular formula is C25H20ClFN4O3S. The summed E-state index contributed by atoms with van der Waals surface area (Å²) in [6, 6.07) is 19.7. The van der Waals surface area contributed by atoms with Gasteiger partial charge in [0.05, 0.1) is 13.0 Å². The highest BCUT2D eigenvalue weighted by molar-refractivity contribution is 7.80. The number of amides is 3. The van der Waals surface area contributed by atoms with Gasteiger partial charge in [0.1, 0.15) is 11.9 Å². The smallest absolute Gasteiger partial charge is 0.269 e. The van der Waals surface area contributed by atoms with Crippen LogP contribution in [0.5, 0.6) is 0 Å². The molecule has 7 nitrogen and oxygen atoms in total. The molecule has 10 heteroatoms. The third-order valence-electron chi connectivity index (χ3n) is 5.30. The fourth-order valence-corrected chi connectivity index (χ4v) is 4.04. The first kappa shape index (κ1) is 24.3. The molecule has 2 N–H and O–H groups in total. The molecule has 0 bridgehead atoms. The molecule has 0 saturated carbocycles. The van der Waals surface area contributed by atoms with Crippen LogP contribution in [0.1, 0.15) is 22.3 Å². The van der Waals surface area contributed by atoms with E-state index < -0.39 is 29.6 Å². The van der Waals surface area contributed by atoms with Crippen LogP contribution in [0.2, 0.25) is 5.02 Å². The van der Waals surface area contributed by atoms with Gasteiger partial charge in [0.2, 0.25) is 5.91 Å². The summed E-state index contributed by atoms with van der Waals surface area (Å²) in [6.07, 6.45) is -0.281. The van der Waals surface area contributed by atoms with Crippen LogP contribution in [0.3, 0.4) is 0 Å². The van der Waals surface area contributed by atoms with E-state index in [1.807, 2.05) is 30.3 Å². The van der Waals surface area contributed by atoms with E-state index in [1.54, 1.807) is 24.3 Å². The molecule has 1 aliphatic heterocycles. The molecule has 0 aliphatic carbocycles. The molecule has 178 valence electrons. The summed E-state index contributed by atoms with van der Waals surface area (Å²) in [5.74, 6) is -2.14. The van der Waals surface area contributed by atoms with E-state index in [4.69, 9.17) is 23.8 Å². The maximum absolute atomic E-state index is 13.6. The minimum absolute atomic E-state index is 0.0351. The molecule has 1 unspecified atom stereocenters. The van der Waals surface area contributed by atoms with Crippen molar-refractivity contribution in [1.29, 1.82) is 0 Å². The van der Waals surface area contributed by atoms with Gasteiger partial charge >= 0.3 is 0 Å². The number of nitrogens with zero attached hydrogens (tertiary/aromatic N) is 2. The molecule has 1 saturated heterocycles. The monoisotopic (exact) mass is 510 g/mol. The van der Waals surface area contributed by atoms with E-state index in [9.17, 15) is 18.8 Å². The minimum atomic E-state index is -1.09. The highest BCUT2D eigenvalue weighted by Gasteiger charge is 2.44. The van der Waals surface area contributed by atoms with E-state index >= 15 is 0 Å². The van der Waals surface area contributed by atoms with Crippen molar-refractivity contribution in [2.45, 2.75) is 19.0 Å². The van der Waals surface area contributed by atoms with Crippen molar-refractivity contribution in [2.24, 2.45) is 0 Å². The fourth-order valence-electron chi connectivity index (χ4n) is 3.59. The number of nitrogens with one attached hydrogen (secondary N) is 2. The Morgan fingerprint density at radius 3 is 2.40 bits per heavy atom. The SMILES string of the molecule is O=C(CC1C(=O)N(Cc2ccccc2)C(=S)N1NC(=O)c1cccc(F)c1)Nc1ccc(Cl)cc1. The van der Waals surface area contributed by atoms with Crippen LogP contribution in [-0.4, -0.2) is 38.8 Å². The van der Waals surface area contributed by atoms with E-state index in [-0.39, 0.29) is 23.6 Å². The van der Waals surface area contributed by atoms with Gasteiger partial charge in [-0.1, -0.05) is 48.0 Å². The predicted molar refractivity (Wildman–Crippen MR) is 134 cm³/mol. The van der Waals surface area contributed by atoms with Gasteiger partial charge in [-0.2, -0.15) is 0 Å². The lowest BCUT2D eigenvalue weighted by Gasteiger charge is -2.24. The Morgan fingerprint density at radius 2 is 1.71 bits per heavy atom. The third-order valence-corrected chi connectivity index (χ3v) is 5.97. The highest BCUT2D eigenvalue weighted by atomic mass is 35.5. The van der Waals surface area contributed by atoms with Crippen LogP contribution in [0.25, 0.3) is 0 Å². The summed E-state index contributed by atoms with van der Waals surface area (Å²) in [7, 11) is 0. The molecule has 0 radical (unpaired) electrons. The van der Waals surface area contributed by atoms with Crippen molar-refractivity contribution in [2.75, 3.05) is 5.32 Å². The largest absolute Gasteiger partial charge is 0.326 e. The molecule has 0 spiro atoms. The first-order chi connectivity index (χ1) is 16.8. The van der Waals surface area contributed by atoms with Gasteiger partial charge in [0, 0.05) is 16.3 Å². The van der Waals surface area contributed by atoms with Crippen LogP contribution in [0.15, 0.2) is 78.9 Å². The van der Waals surface area contributed by atoms with Crippen LogP contribution in [-0.2, 0) is 16.1 Å². The minimum Gasteiger partial charge on any atom is -0.326 e. The van der Waals surface area contributed by atoms with Gasteiger partial charge in [-0.25, -0.2) is 9.40 Å². The second-order valence-electron chi connectivity index (χ2n) is 7.79. The van der Waals surface area contributed by atoms with Gasteiger partial charge in [0.15, 0.2) is 5.11 Å². The molecule has 1 aliphatic rings. The number of hydrogen-bond acceptors (Lipinski definition) is 4. The van der Waals surface area contributed by atoms with Gasteiger partial charge < -0.3 is 5.32 Å². The number of rotatable bonds is 7. The summed E-state index contributed by atoms with van der Waals surface area (Å²) in [4.78, 5) is 40.2. The lowest BCUT2D eigenvalue weighted by atomic mass is 10.1. The lowest BCUT2D eigenvalue weighted by molar-refractivity contribution is -0.131. The average molecular weight is 511 g/mol. The van der Waals surface area contributed by atoms with E-state index in [0.717, 1.165) is 11.6 Å². The number of halogens is 2. The second kappa shape index (κ2) is 10.6. The lowest BCUT2D eigenvalue weighted by Crippen LogP contribution is -2.49. The Bertz CT molecular complexity index is 1270. The number of hydrogen-bond donors (Lipinski definition) is 2. The zero-order valence-electron chi connectivity index (χ0n) is 18.3. The van der Waals surface area contributed by atoms with E-state index in [0.29, 0.717) is 10.7 Å². The molecular weight excluding hydrogens is 491 g/mol. The Balaban J connectivity index is 1.56. The summed E-state index contributed by atoms with van der Waals surface area (Å²) in [6.45, 7) is 0.167. The topological polar surface area (TPSA) is 81.8 Å². The fraction of sp³-hybridized carbons (Fsp3) is 0.120. The highest BCUT2D eigenvalue weighted by Crippen LogP contribution is 2.23. The maximum Gasteiger partial charge on any atom is 0.269 e. The molecule has 3 aromatic rings. The average Bonchev–Trinajstić information content (AvgIpc) is 3.05. The number of benzene rings is 3. The number of thiocarbonyl (C=S) groups is 1. The van der Waals surface area contributed by atoms with E-state index in [2.05, 4.69) is 10.7 Å². The van der Waals surface area contributed by atoms with Crippen LogP contribution >= 0.6 is 23.8 Å². The quantitative estimate of drug-likeness (QED) is 0.467. The van der Waals surface area contributed by atoms with Crippen molar-refractivity contribution in [3.8, 4) is 0 Å². The summed E-state index contributed by atoms with van der Waals surface area (Å²) >= 11 is 11.4. The standard InChI is InChI=1S/C25H20ClFN4O3S/c26-18-9-11-20(12-10-18)28-22(32)14-21-24(34)30(15-16-5-2-1-3-6-16)25(35)31(21)29-23(33)17-7-4-8-19(27)13-17/h1-13,21H,14-15H2,(H,28,32)(H,29,33). The molecule has 4 rings (SSSR count). The number of carbonyl (C=O) groups is 3. The number of carbonyl (C=O) groups excluding carboxylic acids is 3. The van der Waals surface area contributed by atoms with Crippen LogP contribution in [0.4, 0.5) is 10.1 Å². The summed E-state index contributed by atoms with van der Waals surface area (Å²) in [5.41, 5.74) is 3.95.